The first-order valence-corrected chi connectivity index (χ1v) is 7.13. The number of anilines is 1. The first-order valence-electron chi connectivity index (χ1n) is 5.90. The fourth-order valence-corrected chi connectivity index (χ4v) is 2.41. The second-order valence-corrected chi connectivity index (χ2v) is 5.06. The van der Waals surface area contributed by atoms with E-state index in [9.17, 15) is 4.39 Å². The highest BCUT2D eigenvalue weighted by atomic mass is 32.2. The summed E-state index contributed by atoms with van der Waals surface area (Å²) in [6, 6.07) is 2.12. The minimum Gasteiger partial charge on any atom is -0.355 e. The summed E-state index contributed by atoms with van der Waals surface area (Å²) < 4.78 is 12.6. The standard InChI is InChI=1S/C12H15FN4S/c1-18-12-15-8-10(7-14)11(16-12)17-4-2-9(6-13)3-5-17/h8-9H,2-6H2,1H3. The van der Waals surface area contributed by atoms with E-state index in [1.807, 2.05) is 6.26 Å². The largest absolute Gasteiger partial charge is 0.355 e. The Morgan fingerprint density at radius 1 is 1.56 bits per heavy atom. The van der Waals surface area contributed by atoms with Crippen molar-refractivity contribution in [3.8, 4) is 6.07 Å². The Hall–Kier alpha value is -1.35. The number of piperidine rings is 1. The van der Waals surface area contributed by atoms with Gasteiger partial charge in [0.15, 0.2) is 11.0 Å². The maximum atomic E-state index is 12.6. The SMILES string of the molecule is CSc1ncc(C#N)c(N2CCC(CF)CC2)n1. The molecule has 1 aromatic rings. The van der Waals surface area contributed by atoms with Crippen molar-refractivity contribution in [2.45, 2.75) is 18.0 Å². The Balaban J connectivity index is 2.20. The van der Waals surface area contributed by atoms with Crippen LogP contribution in [0, 0.1) is 17.2 Å². The van der Waals surface area contributed by atoms with Crippen LogP contribution in [-0.4, -0.2) is 36.0 Å². The van der Waals surface area contributed by atoms with E-state index < -0.39 is 0 Å². The number of thioether (sulfide) groups is 1. The predicted octanol–water partition coefficient (Wildman–Crippen LogP) is 2.26. The van der Waals surface area contributed by atoms with Crippen LogP contribution in [-0.2, 0) is 0 Å². The lowest BCUT2D eigenvalue weighted by Gasteiger charge is -2.32. The van der Waals surface area contributed by atoms with Crippen molar-refractivity contribution in [1.29, 1.82) is 5.26 Å². The smallest absolute Gasteiger partial charge is 0.189 e. The van der Waals surface area contributed by atoms with Crippen molar-refractivity contribution in [2.24, 2.45) is 5.92 Å². The van der Waals surface area contributed by atoms with Crippen LogP contribution in [0.25, 0.3) is 0 Å². The monoisotopic (exact) mass is 266 g/mol. The molecule has 1 saturated heterocycles. The van der Waals surface area contributed by atoms with Gasteiger partial charge in [0.25, 0.3) is 0 Å². The van der Waals surface area contributed by atoms with Gasteiger partial charge < -0.3 is 4.90 Å². The average molecular weight is 266 g/mol. The van der Waals surface area contributed by atoms with E-state index in [-0.39, 0.29) is 12.6 Å². The van der Waals surface area contributed by atoms with Gasteiger partial charge in [0, 0.05) is 13.1 Å². The molecule has 2 rings (SSSR count). The molecule has 1 aliphatic heterocycles. The van der Waals surface area contributed by atoms with Crippen molar-refractivity contribution in [2.75, 3.05) is 30.9 Å². The van der Waals surface area contributed by atoms with Gasteiger partial charge in [-0.2, -0.15) is 5.26 Å². The maximum absolute atomic E-state index is 12.6. The van der Waals surface area contributed by atoms with Crippen LogP contribution in [0.15, 0.2) is 11.4 Å². The Kier molecular flexibility index (Phi) is 4.37. The van der Waals surface area contributed by atoms with E-state index >= 15 is 0 Å². The van der Waals surface area contributed by atoms with Crippen molar-refractivity contribution < 1.29 is 4.39 Å². The summed E-state index contributed by atoms with van der Waals surface area (Å²) in [5.74, 6) is 0.850. The lowest BCUT2D eigenvalue weighted by molar-refractivity contribution is 0.307. The third-order valence-electron chi connectivity index (χ3n) is 3.18. The number of hydrogen-bond acceptors (Lipinski definition) is 5. The number of rotatable bonds is 3. The van der Waals surface area contributed by atoms with E-state index in [1.54, 1.807) is 6.20 Å². The third-order valence-corrected chi connectivity index (χ3v) is 3.74. The molecule has 0 spiro atoms. The summed E-state index contributed by atoms with van der Waals surface area (Å²) in [5.41, 5.74) is 0.492. The topological polar surface area (TPSA) is 52.8 Å². The Morgan fingerprint density at radius 3 is 2.83 bits per heavy atom. The summed E-state index contributed by atoms with van der Waals surface area (Å²) in [4.78, 5) is 10.6. The van der Waals surface area contributed by atoms with Gasteiger partial charge in [-0.05, 0) is 25.0 Å². The molecule has 2 heterocycles. The van der Waals surface area contributed by atoms with Gasteiger partial charge in [0.1, 0.15) is 11.6 Å². The zero-order valence-electron chi connectivity index (χ0n) is 10.3. The molecular weight excluding hydrogens is 251 g/mol. The van der Waals surface area contributed by atoms with Crippen LogP contribution in [0.4, 0.5) is 10.2 Å². The van der Waals surface area contributed by atoms with E-state index in [2.05, 4.69) is 20.9 Å². The zero-order valence-corrected chi connectivity index (χ0v) is 11.1. The highest BCUT2D eigenvalue weighted by Crippen LogP contribution is 2.25. The minimum atomic E-state index is -0.251. The summed E-state index contributed by atoms with van der Waals surface area (Å²) in [6.45, 7) is 1.26. The molecule has 0 aromatic carbocycles. The van der Waals surface area contributed by atoms with E-state index in [0.29, 0.717) is 16.5 Å². The van der Waals surface area contributed by atoms with Crippen molar-refractivity contribution >= 4 is 17.6 Å². The second kappa shape index (κ2) is 6.01. The predicted molar refractivity (Wildman–Crippen MR) is 69.4 cm³/mol. The molecule has 0 saturated carbocycles. The van der Waals surface area contributed by atoms with Gasteiger partial charge in [-0.1, -0.05) is 11.8 Å². The van der Waals surface area contributed by atoms with Gasteiger partial charge in [-0.15, -0.1) is 0 Å². The summed E-state index contributed by atoms with van der Waals surface area (Å²) in [5, 5.41) is 9.75. The number of alkyl halides is 1. The van der Waals surface area contributed by atoms with Crippen LogP contribution >= 0.6 is 11.8 Å². The van der Waals surface area contributed by atoms with Crippen LogP contribution in [0.2, 0.25) is 0 Å². The molecule has 6 heteroatoms. The Bertz CT molecular complexity index is 452. The first-order chi connectivity index (χ1) is 8.78. The summed E-state index contributed by atoms with van der Waals surface area (Å²) in [6.07, 6.45) is 5.11. The summed E-state index contributed by atoms with van der Waals surface area (Å²) >= 11 is 1.45. The van der Waals surface area contributed by atoms with E-state index in [4.69, 9.17) is 5.26 Å². The number of nitrogens with zero attached hydrogens (tertiary/aromatic N) is 4. The van der Waals surface area contributed by atoms with Crippen LogP contribution in [0.5, 0.6) is 0 Å². The van der Waals surface area contributed by atoms with Gasteiger partial charge in [-0.25, -0.2) is 9.97 Å². The summed E-state index contributed by atoms with van der Waals surface area (Å²) in [7, 11) is 0. The Labute approximate surface area is 110 Å². The molecule has 0 radical (unpaired) electrons. The van der Waals surface area contributed by atoms with Crippen LogP contribution < -0.4 is 4.90 Å². The molecule has 0 aliphatic carbocycles. The zero-order chi connectivity index (χ0) is 13.0. The third kappa shape index (κ3) is 2.72. The first kappa shape index (κ1) is 13.1. The molecule has 0 N–H and O–H groups in total. The van der Waals surface area contributed by atoms with E-state index in [0.717, 1.165) is 25.9 Å². The van der Waals surface area contributed by atoms with Gasteiger partial charge in [0.2, 0.25) is 0 Å². The van der Waals surface area contributed by atoms with Crippen molar-refractivity contribution in [1.82, 2.24) is 9.97 Å². The second-order valence-electron chi connectivity index (χ2n) is 4.29. The van der Waals surface area contributed by atoms with Gasteiger partial charge >= 0.3 is 0 Å². The molecule has 4 nitrogen and oxygen atoms in total. The number of nitriles is 1. The fourth-order valence-electron chi connectivity index (χ4n) is 2.07. The van der Waals surface area contributed by atoms with E-state index in [1.165, 1.54) is 11.8 Å². The molecule has 1 aliphatic rings. The normalized spacial score (nSPS) is 16.6. The fraction of sp³-hybridized carbons (Fsp3) is 0.583. The molecular formula is C12H15FN4S. The van der Waals surface area contributed by atoms with Crippen molar-refractivity contribution in [3.05, 3.63) is 11.8 Å². The van der Waals surface area contributed by atoms with Crippen molar-refractivity contribution in [3.63, 3.8) is 0 Å². The molecule has 1 fully saturated rings. The maximum Gasteiger partial charge on any atom is 0.189 e. The Morgan fingerprint density at radius 2 is 2.28 bits per heavy atom. The van der Waals surface area contributed by atoms with Crippen LogP contribution in [0.3, 0.4) is 0 Å². The number of aromatic nitrogens is 2. The molecule has 0 atom stereocenters. The molecule has 0 amide bonds. The molecule has 96 valence electrons. The van der Waals surface area contributed by atoms with Crippen LogP contribution in [0.1, 0.15) is 18.4 Å². The lowest BCUT2D eigenvalue weighted by Crippen LogP contribution is -2.35. The lowest BCUT2D eigenvalue weighted by atomic mass is 9.98. The molecule has 18 heavy (non-hydrogen) atoms. The van der Waals surface area contributed by atoms with Gasteiger partial charge in [0.05, 0.1) is 12.9 Å². The number of halogens is 1. The quantitative estimate of drug-likeness (QED) is 0.620. The molecule has 1 aromatic heterocycles. The van der Waals surface area contributed by atoms with Gasteiger partial charge in [-0.3, -0.25) is 4.39 Å². The average Bonchev–Trinajstić information content (AvgIpc) is 2.46. The molecule has 0 bridgehead atoms. The molecule has 0 unspecified atom stereocenters. The highest BCUT2D eigenvalue weighted by Gasteiger charge is 2.22. The number of hydrogen-bond donors (Lipinski definition) is 0. The highest BCUT2D eigenvalue weighted by molar-refractivity contribution is 7.98. The minimum absolute atomic E-state index is 0.161.